The highest BCUT2D eigenvalue weighted by molar-refractivity contribution is 5.78. The Morgan fingerprint density at radius 2 is 1.80 bits per heavy atom. The Labute approximate surface area is 120 Å². The summed E-state index contributed by atoms with van der Waals surface area (Å²) in [6.45, 7) is 4.38. The Kier molecular flexibility index (Phi) is 3.29. The standard InChI is InChI=1S/C18H23NO/c1-17(2)11-5-6-12-18(17,20)13-15-10-9-14-7-3-4-8-16(14)19-15/h3-4,7-10,20H,5-6,11-13H2,1-2H3. The monoisotopic (exact) mass is 269 g/mol. The quantitative estimate of drug-likeness (QED) is 0.890. The molecule has 1 unspecified atom stereocenters. The van der Waals surface area contributed by atoms with Crippen molar-refractivity contribution in [3.63, 3.8) is 0 Å². The molecule has 1 heterocycles. The van der Waals surface area contributed by atoms with Gasteiger partial charge in [0.15, 0.2) is 0 Å². The van der Waals surface area contributed by atoms with Crippen LogP contribution in [0.1, 0.15) is 45.2 Å². The van der Waals surface area contributed by atoms with Gasteiger partial charge in [-0.2, -0.15) is 0 Å². The molecule has 1 aliphatic rings. The highest BCUT2D eigenvalue weighted by Crippen LogP contribution is 2.45. The maximum atomic E-state index is 11.1. The molecule has 1 aromatic carbocycles. The van der Waals surface area contributed by atoms with Crippen molar-refractivity contribution < 1.29 is 5.11 Å². The molecule has 0 bridgehead atoms. The van der Waals surface area contributed by atoms with Crippen molar-refractivity contribution in [3.05, 3.63) is 42.1 Å². The van der Waals surface area contributed by atoms with E-state index >= 15 is 0 Å². The van der Waals surface area contributed by atoms with E-state index in [0.717, 1.165) is 35.9 Å². The fourth-order valence-corrected chi connectivity index (χ4v) is 3.39. The van der Waals surface area contributed by atoms with Gasteiger partial charge in [-0.05, 0) is 30.4 Å². The van der Waals surface area contributed by atoms with E-state index in [1.165, 1.54) is 6.42 Å². The van der Waals surface area contributed by atoms with Crippen LogP contribution in [0, 0.1) is 5.41 Å². The van der Waals surface area contributed by atoms with Gasteiger partial charge in [0, 0.05) is 17.5 Å². The number of aliphatic hydroxyl groups is 1. The molecule has 0 spiro atoms. The van der Waals surface area contributed by atoms with Crippen LogP contribution >= 0.6 is 0 Å². The Hall–Kier alpha value is -1.41. The van der Waals surface area contributed by atoms with E-state index in [4.69, 9.17) is 4.98 Å². The van der Waals surface area contributed by atoms with Crippen LogP contribution in [0.3, 0.4) is 0 Å². The van der Waals surface area contributed by atoms with Gasteiger partial charge in [-0.1, -0.05) is 51.0 Å². The molecule has 106 valence electrons. The molecule has 0 amide bonds. The molecule has 2 heteroatoms. The van der Waals surface area contributed by atoms with Crippen molar-refractivity contribution >= 4 is 10.9 Å². The lowest BCUT2D eigenvalue weighted by Crippen LogP contribution is -2.48. The van der Waals surface area contributed by atoms with Crippen LogP contribution in [0.15, 0.2) is 36.4 Å². The molecule has 2 aromatic rings. The molecule has 0 saturated heterocycles. The zero-order valence-electron chi connectivity index (χ0n) is 12.4. The molecular weight excluding hydrogens is 246 g/mol. The lowest BCUT2D eigenvalue weighted by Gasteiger charge is -2.46. The van der Waals surface area contributed by atoms with Gasteiger partial charge in [-0.3, -0.25) is 4.98 Å². The van der Waals surface area contributed by atoms with Crippen LogP contribution < -0.4 is 0 Å². The lowest BCUT2D eigenvalue weighted by molar-refractivity contribution is -0.0963. The van der Waals surface area contributed by atoms with Crippen LogP contribution in [0.4, 0.5) is 0 Å². The second kappa shape index (κ2) is 4.85. The molecule has 0 radical (unpaired) electrons. The number of nitrogens with zero attached hydrogens (tertiary/aromatic N) is 1. The first-order valence-corrected chi connectivity index (χ1v) is 7.57. The molecule has 1 fully saturated rings. The van der Waals surface area contributed by atoms with Crippen LogP contribution in [-0.4, -0.2) is 15.7 Å². The van der Waals surface area contributed by atoms with E-state index in [0.29, 0.717) is 6.42 Å². The summed E-state index contributed by atoms with van der Waals surface area (Å²) in [4.78, 5) is 4.72. The number of hydrogen-bond acceptors (Lipinski definition) is 2. The van der Waals surface area contributed by atoms with Crippen molar-refractivity contribution in [2.24, 2.45) is 5.41 Å². The Balaban J connectivity index is 1.92. The largest absolute Gasteiger partial charge is 0.389 e. The van der Waals surface area contributed by atoms with Crippen molar-refractivity contribution in [1.29, 1.82) is 0 Å². The van der Waals surface area contributed by atoms with Crippen molar-refractivity contribution in [2.45, 2.75) is 51.6 Å². The molecule has 20 heavy (non-hydrogen) atoms. The van der Waals surface area contributed by atoms with Crippen LogP contribution in [0.25, 0.3) is 10.9 Å². The Bertz CT molecular complexity index is 620. The summed E-state index contributed by atoms with van der Waals surface area (Å²) >= 11 is 0. The van der Waals surface area contributed by atoms with Gasteiger partial charge >= 0.3 is 0 Å². The highest BCUT2D eigenvalue weighted by atomic mass is 16.3. The summed E-state index contributed by atoms with van der Waals surface area (Å²) in [7, 11) is 0. The zero-order chi connectivity index (χ0) is 14.2. The third-order valence-electron chi connectivity index (χ3n) is 5.03. The third-order valence-corrected chi connectivity index (χ3v) is 5.03. The average molecular weight is 269 g/mol. The predicted octanol–water partition coefficient (Wildman–Crippen LogP) is 4.11. The van der Waals surface area contributed by atoms with Crippen LogP contribution in [-0.2, 0) is 6.42 Å². The predicted molar refractivity (Wildman–Crippen MR) is 82.6 cm³/mol. The first-order valence-electron chi connectivity index (χ1n) is 7.57. The van der Waals surface area contributed by atoms with Crippen molar-refractivity contribution in [1.82, 2.24) is 4.98 Å². The van der Waals surface area contributed by atoms with Gasteiger partial charge in [0.1, 0.15) is 0 Å². The number of aromatic nitrogens is 1. The zero-order valence-corrected chi connectivity index (χ0v) is 12.4. The number of pyridine rings is 1. The third kappa shape index (κ3) is 2.33. The van der Waals surface area contributed by atoms with Crippen LogP contribution in [0.2, 0.25) is 0 Å². The molecule has 0 aliphatic heterocycles. The van der Waals surface area contributed by atoms with Gasteiger partial charge in [0.05, 0.1) is 11.1 Å². The van der Waals surface area contributed by atoms with Crippen molar-refractivity contribution in [3.8, 4) is 0 Å². The smallest absolute Gasteiger partial charge is 0.0753 e. The molecule has 1 aromatic heterocycles. The molecule has 1 aliphatic carbocycles. The first kappa shape index (κ1) is 13.6. The van der Waals surface area contributed by atoms with E-state index in [2.05, 4.69) is 32.0 Å². The maximum Gasteiger partial charge on any atom is 0.0753 e. The summed E-state index contributed by atoms with van der Waals surface area (Å²) in [6, 6.07) is 12.3. The normalized spacial score (nSPS) is 25.8. The van der Waals surface area contributed by atoms with Gasteiger partial charge < -0.3 is 5.11 Å². The first-order chi connectivity index (χ1) is 9.50. The number of benzene rings is 1. The topological polar surface area (TPSA) is 33.1 Å². The molecule has 1 atom stereocenters. The van der Waals surface area contributed by atoms with Crippen molar-refractivity contribution in [2.75, 3.05) is 0 Å². The second-order valence-electron chi connectivity index (χ2n) is 6.79. The molecule has 1 N–H and O–H groups in total. The van der Waals surface area contributed by atoms with Gasteiger partial charge in [-0.15, -0.1) is 0 Å². The highest BCUT2D eigenvalue weighted by Gasteiger charge is 2.45. The Morgan fingerprint density at radius 3 is 2.60 bits per heavy atom. The minimum Gasteiger partial charge on any atom is -0.389 e. The van der Waals surface area contributed by atoms with E-state index in [9.17, 15) is 5.11 Å². The van der Waals surface area contributed by atoms with E-state index in [-0.39, 0.29) is 5.41 Å². The van der Waals surface area contributed by atoms with E-state index in [1.807, 2.05) is 18.2 Å². The molecule has 1 saturated carbocycles. The van der Waals surface area contributed by atoms with Gasteiger partial charge in [0.2, 0.25) is 0 Å². The SMILES string of the molecule is CC1(C)CCCCC1(O)Cc1ccc2ccccc2n1. The van der Waals surface area contributed by atoms with Gasteiger partial charge in [0.25, 0.3) is 0 Å². The minimum atomic E-state index is -0.624. The van der Waals surface area contributed by atoms with E-state index < -0.39 is 5.60 Å². The fourth-order valence-electron chi connectivity index (χ4n) is 3.39. The summed E-state index contributed by atoms with van der Waals surface area (Å²) in [6.07, 6.45) is 4.98. The van der Waals surface area contributed by atoms with Gasteiger partial charge in [-0.25, -0.2) is 0 Å². The minimum absolute atomic E-state index is 0.0292. The number of rotatable bonds is 2. The fraction of sp³-hybridized carbons (Fsp3) is 0.500. The van der Waals surface area contributed by atoms with E-state index in [1.54, 1.807) is 0 Å². The average Bonchev–Trinajstić information content (AvgIpc) is 2.42. The molecule has 3 rings (SSSR count). The number of hydrogen-bond donors (Lipinski definition) is 1. The maximum absolute atomic E-state index is 11.1. The Morgan fingerprint density at radius 1 is 1.05 bits per heavy atom. The number of para-hydroxylation sites is 1. The summed E-state index contributed by atoms with van der Waals surface area (Å²) in [5.74, 6) is 0. The summed E-state index contributed by atoms with van der Waals surface area (Å²) in [5, 5.41) is 12.2. The lowest BCUT2D eigenvalue weighted by atomic mass is 9.63. The van der Waals surface area contributed by atoms with Crippen LogP contribution in [0.5, 0.6) is 0 Å². The second-order valence-corrected chi connectivity index (χ2v) is 6.79. The summed E-state index contributed by atoms with van der Waals surface area (Å²) in [5.41, 5.74) is 1.36. The summed E-state index contributed by atoms with van der Waals surface area (Å²) < 4.78 is 0. The number of fused-ring (bicyclic) bond motifs is 1. The molecule has 2 nitrogen and oxygen atoms in total. The molecular formula is C18H23NO.